The van der Waals surface area contributed by atoms with Crippen LogP contribution in [0.4, 0.5) is 51.2 Å². The Morgan fingerprint density at radius 1 is 0.281 bits per heavy atom. The maximum Gasteiger partial charge on any atom is 1.00 e. The number of carbonyl (C=O) groups excluding carboxylic acids is 5. The van der Waals surface area contributed by atoms with Crippen LogP contribution in [-0.2, 0) is 119 Å². The van der Waals surface area contributed by atoms with Gasteiger partial charge in [-0.2, -0.15) is 54.6 Å². The molecule has 47 nitrogen and oxygen atoms in total. The molecule has 0 radical (unpaired) electrons. The molecule has 0 aliphatic heterocycles. The first-order valence-electron chi connectivity index (χ1n) is 35.5. The number of nitrogen functional groups attached to an aromatic ring is 3. The Morgan fingerprint density at radius 3 is 0.925 bits per heavy atom. The Hall–Kier alpha value is -3.41. The summed E-state index contributed by atoms with van der Waals surface area (Å²) in [6, 6.07) is 49.5. The first kappa shape index (κ1) is 149. The normalized spacial score (nSPS) is 10.7. The molecule has 146 heavy (non-hydrogen) atoms. The van der Waals surface area contributed by atoms with Crippen LogP contribution < -0.4 is 374 Å². The van der Waals surface area contributed by atoms with Gasteiger partial charge in [-0.15, -0.1) is 54.0 Å². The van der Waals surface area contributed by atoms with Crippen LogP contribution in [0, 0.1) is 25.1 Å². The second-order valence-corrected chi connectivity index (χ2v) is 38.8. The van der Waals surface area contributed by atoms with Crippen LogP contribution in [-0.4, -0.2) is 171 Å². The van der Waals surface area contributed by atoms with E-state index in [9.17, 15) is 128 Å². The van der Waals surface area contributed by atoms with Crippen molar-refractivity contribution in [2.24, 2.45) is 0 Å². The molecule has 0 saturated heterocycles. The molecule has 69 heteroatoms. The molecule has 12 N–H and O–H groups in total. The van der Waals surface area contributed by atoms with E-state index in [1.165, 1.54) is 104 Å². The molecular formula is C77H52N9Na11O38S11. The second kappa shape index (κ2) is 63.7. The van der Waals surface area contributed by atoms with Crippen molar-refractivity contribution in [1.82, 2.24) is 0 Å². The molecule has 0 spiro atoms. The minimum Gasteiger partial charge on any atom is -0.754 e. The van der Waals surface area contributed by atoms with Crippen LogP contribution in [0.5, 0.6) is 0 Å². The van der Waals surface area contributed by atoms with Gasteiger partial charge in [-0.1, -0.05) is 70.8 Å². The van der Waals surface area contributed by atoms with Crippen molar-refractivity contribution in [3.8, 4) is 0 Å². The number of benzene rings is 13. The summed E-state index contributed by atoms with van der Waals surface area (Å²) in [4.78, 5) is 60.1. The van der Waals surface area contributed by atoms with Gasteiger partial charge >= 0.3 is 357 Å². The van der Waals surface area contributed by atoms with E-state index >= 15 is 0 Å². The molecule has 0 aliphatic rings. The summed E-state index contributed by atoms with van der Waals surface area (Å²) in [5, 5.41) is 12.5. The monoisotopic (exact) mass is 2310 g/mol. The number of amides is 5. The van der Waals surface area contributed by atoms with Crippen molar-refractivity contribution in [2.45, 2.75) is 52.6 Å². The molecule has 0 saturated carbocycles. The van der Waals surface area contributed by atoms with E-state index in [0.29, 0.717) is 11.4 Å². The number of anilines is 9. The fourth-order valence-corrected chi connectivity index (χ4v) is 17.8. The van der Waals surface area contributed by atoms with Gasteiger partial charge in [0.15, 0.2) is 0 Å². The zero-order chi connectivity index (χ0) is 101. The number of nitrogens with two attached hydrogens (primary N) is 3. The van der Waals surface area contributed by atoms with E-state index in [1.807, 2.05) is 0 Å². The van der Waals surface area contributed by atoms with Gasteiger partial charge in [-0.3, -0.25) is 49.2 Å². The quantitative estimate of drug-likeness (QED) is 0.0140. The predicted molar refractivity (Wildman–Crippen MR) is 462 cm³/mol. The van der Waals surface area contributed by atoms with Gasteiger partial charge in [0.05, 0.1) is 45.8 Å². The molecule has 0 unspecified atom stereocenters. The number of rotatable bonds is 21. The first-order chi connectivity index (χ1) is 62.4. The van der Waals surface area contributed by atoms with Gasteiger partial charge in [-0.25, -0.2) is 42.1 Å². The summed E-state index contributed by atoms with van der Waals surface area (Å²) in [7, 11) is -50.0. The third-order valence-corrected chi connectivity index (χ3v) is 24.5. The Kier molecular flexibility index (Phi) is 64.9. The molecule has 5 amide bonds. The van der Waals surface area contributed by atoms with Crippen LogP contribution in [0.2, 0.25) is 0 Å². The number of hydrogen-bond donors (Lipinski definition) is 9. The summed E-state index contributed by atoms with van der Waals surface area (Å²) in [5.41, 5.74) is 17.9. The molecule has 0 heterocycles. The van der Waals surface area contributed by atoms with Gasteiger partial charge in [0, 0.05) is 105 Å². The van der Waals surface area contributed by atoms with Crippen LogP contribution in [0.15, 0.2) is 251 Å². The minimum absolute atomic E-state index is 0. The first-order valence-corrected chi connectivity index (χ1v) is 49.8. The maximum absolute atomic E-state index is 13.5. The van der Waals surface area contributed by atoms with Gasteiger partial charge in [0.2, 0.25) is 0 Å². The van der Waals surface area contributed by atoms with Gasteiger partial charge in [0.1, 0.15) is 50.6 Å². The largest absolute Gasteiger partial charge is 1.00 e. The molecule has 0 aliphatic carbocycles. The molecule has 0 bridgehead atoms. The smallest absolute Gasteiger partial charge is 0.754 e. The van der Waals surface area contributed by atoms with Crippen LogP contribution in [0.3, 0.4) is 0 Å². The van der Waals surface area contributed by atoms with Crippen LogP contribution >= 0.6 is 0 Å². The minimum atomic E-state index is -5.29. The number of hydrogen-bond acceptors (Lipinski definition) is 42. The molecular weight excluding hydrogens is 2260 g/mol. The van der Waals surface area contributed by atoms with Crippen LogP contribution in [0.1, 0.15) is 62.9 Å². The number of fused-ring (bicyclic) bond motifs is 4. The van der Waals surface area contributed by atoms with Crippen molar-refractivity contribution in [3.63, 3.8) is 0 Å². The number of nitrogens with one attached hydrogen (secondary N) is 6. The second-order valence-electron chi connectivity index (χ2n) is 26.7. The number of aryl methyl sites for hydroxylation is 1. The van der Waals surface area contributed by atoms with E-state index in [-0.39, 0.29) is 421 Å². The van der Waals surface area contributed by atoms with Crippen molar-refractivity contribution >= 4 is 237 Å². The Balaban J connectivity index is -0.00000107. The molecule has 710 valence electrons. The fourth-order valence-electron chi connectivity index (χ4n) is 12.4. The van der Waals surface area contributed by atoms with E-state index in [1.54, 1.807) is 30.3 Å². The summed E-state index contributed by atoms with van der Waals surface area (Å²) in [6.07, 6.45) is 0. The summed E-state index contributed by atoms with van der Waals surface area (Å²) in [5.74, 6) is -4.16. The zero-order valence-corrected chi connectivity index (χ0v) is 109. The zero-order valence-electron chi connectivity index (χ0n) is 77.7. The Labute approximate surface area is 1080 Å². The number of carbonyl (C=O) groups is 5. The maximum atomic E-state index is 13.5. The summed E-state index contributed by atoms with van der Waals surface area (Å²) in [6.45, 7) is 1.52. The Morgan fingerprint density at radius 2 is 0.582 bits per heavy atom. The molecule has 13 rings (SSSR count). The van der Waals surface area contributed by atoms with Crippen molar-refractivity contribution < 1.29 is 491 Å². The average Bonchev–Trinajstić information content (AvgIpc) is 0.757. The van der Waals surface area contributed by atoms with E-state index in [2.05, 4.69) is 50.1 Å². The van der Waals surface area contributed by atoms with Crippen LogP contribution in [0.25, 0.3) is 43.1 Å². The Bertz CT molecular complexity index is 8460. The van der Waals surface area contributed by atoms with E-state index < -0.39 is 208 Å². The van der Waals surface area contributed by atoms with E-state index in [4.69, 9.17) is 55.1 Å². The van der Waals surface area contributed by atoms with Crippen molar-refractivity contribution in [2.75, 3.05) is 49.1 Å². The van der Waals surface area contributed by atoms with Crippen molar-refractivity contribution in [1.29, 1.82) is 0 Å². The average molecular weight is 2320 g/mol. The molecule has 0 atom stereocenters. The van der Waals surface area contributed by atoms with Crippen molar-refractivity contribution in [3.05, 3.63) is 269 Å². The topological polar surface area (TPSA) is 847 Å². The standard InChI is InChI=1S/C43H32N5O16S4.C17H13N2O7S2.C17H15N2O6S2.11Na.3O3S/c1-22-15-31-35(66(56,57)58)14-12-33(39(31)37(16-22)68(62,63)64)48-41(50)24-6-3-8-29(21-24)46-43(52)26-17-25(18-27(44)19-26)42(51)45-28-7-2-5-23(20-28)40(49)47-32-11-13-34(65(53,54)55)30-9-4-10-36(38(30)32)67(59,60)61;18-11-4-1-3-10(9-11)17(20)19-13-7-8-14(27(21,22)23)12-5-2-6-15(16(12)13)28(24,25)26;18-13-5-1-3-11(7-13)10-19-15-9-14(26(20,21)22)8-12-4-2-6-16(17(12)15)27(23,24)25;;;;;;;;;;;;3*1-4(2)3/h2-3,5-21H,44H2,1H3,(H,45,51)(H,46,52)(H,47,49)(H,48,50)(H,53,54,55)(H,56,57,58)(H,59,60,61)(H,62,63,64);1,3-9H,18H2,(H,19,20)(H,21,22,23)(H,24,25,26);1,3-9,19H,10,18H2,(H,20,21,22)(H,23,24,25);;;;;;;;;;;;;;/q3*-1;11*+1;;;/p-8. The van der Waals surface area contributed by atoms with E-state index in [0.717, 1.165) is 90.5 Å². The third-order valence-electron chi connectivity index (χ3n) is 17.6. The van der Waals surface area contributed by atoms with Gasteiger partial charge in [0.25, 0.3) is 29.5 Å². The fraction of sp³-hybridized carbons (Fsp3) is 0.0260. The summed E-state index contributed by atoms with van der Waals surface area (Å²) < 4.78 is 359. The summed E-state index contributed by atoms with van der Waals surface area (Å²) >= 11 is 0. The predicted octanol–water partition coefficient (Wildman–Crippen LogP) is -28.7. The molecule has 13 aromatic carbocycles. The molecule has 0 aromatic heterocycles. The van der Waals surface area contributed by atoms with Gasteiger partial charge in [-0.05, 0) is 154 Å². The third kappa shape index (κ3) is 43.6. The van der Waals surface area contributed by atoms with Gasteiger partial charge < -0.3 is 85.5 Å². The molecule has 0 fully saturated rings. The SMILES string of the molecule is Cc1cc(S(=O)(=O)[O-])c2c(NC(=O)c3cccc(NC(=O)c4cc(N)cc(C(=O)Nc5cccc(C(=O)Nc6ccc(S(=O)(=O)[O-])c7c[c-]cc(S(=O)(=O)[O-])c67)c5)c4)c3)ccc(S(=O)(=O)[O-])c2c1.Nc1cccc(C(=O)Nc2ccc(S(=O)(=O)[O-])c3c[c-]cc(S(=O)(=O)[O-])c23)c1.Nc1cccc(CNc2cc(S(=O)(=O)[O-])cc3c[c-]cc(S(=O)(=O)[O-])c23)c1.O=S(=O)=O.O=S(=O)=O.O=S(=O)=O.[Na+].[Na+].[Na+].[Na+].[Na+].[Na+].[Na+].[Na+].[Na+].[Na+].[Na+]. The molecule has 13 aromatic rings.